The van der Waals surface area contributed by atoms with Crippen LogP contribution in [0.1, 0.15) is 82.7 Å². The van der Waals surface area contributed by atoms with Gasteiger partial charge >= 0.3 is 0 Å². The second-order valence-corrected chi connectivity index (χ2v) is 20.0. The first-order chi connectivity index (χ1) is 35.4. The van der Waals surface area contributed by atoms with Crippen molar-refractivity contribution >= 4 is 16.8 Å². The third-order valence-corrected chi connectivity index (χ3v) is 15.4. The zero-order valence-corrected chi connectivity index (χ0v) is 41.6. The zero-order chi connectivity index (χ0) is 48.9. The largest absolute Gasteiger partial charge is 0.388 e. The fourth-order valence-electron chi connectivity index (χ4n) is 11.6. The Kier molecular flexibility index (Phi) is 13.0. The molecule has 0 aromatic heterocycles. The summed E-state index contributed by atoms with van der Waals surface area (Å²) in [6, 6.07) is 84.0. The maximum absolute atomic E-state index is 3.43. The molecular formula is C71H61N. The summed E-state index contributed by atoms with van der Waals surface area (Å²) in [5.41, 5.74) is 23.5. The van der Waals surface area contributed by atoms with Crippen molar-refractivity contribution < 1.29 is 0 Å². The van der Waals surface area contributed by atoms with Crippen LogP contribution in [-0.2, 0) is 17.3 Å². The average Bonchev–Trinajstić information content (AvgIpc) is 3.73. The van der Waals surface area contributed by atoms with E-state index in [0.29, 0.717) is 5.92 Å². The lowest BCUT2D eigenvalue weighted by Gasteiger charge is -2.38. The summed E-state index contributed by atoms with van der Waals surface area (Å²) in [4.78, 5) is 0. The fourth-order valence-corrected chi connectivity index (χ4v) is 11.6. The Labute approximate surface area is 427 Å². The van der Waals surface area contributed by atoms with E-state index in [-0.39, 0.29) is 10.8 Å². The van der Waals surface area contributed by atoms with E-state index in [0.717, 1.165) is 24.9 Å². The Morgan fingerprint density at radius 3 is 1.74 bits per heavy atom. The minimum Gasteiger partial charge on any atom is -0.388 e. The molecule has 3 aliphatic carbocycles. The number of fused-ring (bicyclic) bond motifs is 4. The SMILES string of the molecule is CC1(C)c2ccccc2-c2ccc(C3C=CC(c4ccc(-c5ccccc5)cc4)=CC3)cc21.CNc1ccc2c(c1)C(c1ccccc1)(c1ccccc1-c1ccccc1)C/C=C\C=C(\c1ccccc1)C2. The second-order valence-electron chi connectivity index (χ2n) is 20.0. The minimum absolute atomic E-state index is 0.0574. The van der Waals surface area contributed by atoms with Gasteiger partial charge in [0.05, 0.1) is 0 Å². The molecule has 0 heterocycles. The van der Waals surface area contributed by atoms with Crippen LogP contribution in [0.15, 0.2) is 267 Å². The molecule has 0 spiro atoms. The second kappa shape index (κ2) is 20.2. The van der Waals surface area contributed by atoms with Crippen molar-refractivity contribution in [3.05, 3.63) is 317 Å². The molecule has 9 aromatic rings. The number of rotatable bonds is 8. The van der Waals surface area contributed by atoms with E-state index in [1.165, 1.54) is 94.6 Å². The quantitative estimate of drug-likeness (QED) is 0.160. The van der Waals surface area contributed by atoms with Crippen LogP contribution in [0.5, 0.6) is 0 Å². The van der Waals surface area contributed by atoms with Gasteiger partial charge in [-0.25, -0.2) is 0 Å². The number of allylic oxidation sites excluding steroid dienone is 8. The molecule has 9 aromatic carbocycles. The Hall–Kier alpha value is -8.26. The Bertz CT molecular complexity index is 3470. The van der Waals surface area contributed by atoms with Gasteiger partial charge < -0.3 is 5.32 Å². The number of hydrogen-bond acceptors (Lipinski definition) is 1. The van der Waals surface area contributed by atoms with Gasteiger partial charge in [-0.1, -0.05) is 269 Å². The minimum atomic E-state index is -0.383. The normalized spacial score (nSPS) is 18.5. The van der Waals surface area contributed by atoms with Gasteiger partial charge in [0, 0.05) is 29.5 Å². The maximum Gasteiger partial charge on any atom is 0.0495 e. The molecule has 12 rings (SSSR count). The Balaban J connectivity index is 0.000000158. The Morgan fingerprint density at radius 2 is 1.06 bits per heavy atom. The summed E-state index contributed by atoms with van der Waals surface area (Å²) in [6.07, 6.45) is 16.8. The molecule has 3 aliphatic rings. The fraction of sp³-hybridized carbons (Fsp3) is 0.127. The molecule has 0 bridgehead atoms. The van der Waals surface area contributed by atoms with Crippen LogP contribution in [0.4, 0.5) is 5.69 Å². The molecule has 0 radical (unpaired) electrons. The van der Waals surface area contributed by atoms with Crippen LogP contribution in [0.3, 0.4) is 0 Å². The smallest absolute Gasteiger partial charge is 0.0495 e. The maximum atomic E-state index is 3.43. The molecule has 0 saturated heterocycles. The van der Waals surface area contributed by atoms with E-state index in [9.17, 15) is 0 Å². The van der Waals surface area contributed by atoms with E-state index >= 15 is 0 Å². The number of nitrogens with one attached hydrogen (secondary N) is 1. The summed E-state index contributed by atoms with van der Waals surface area (Å²) in [6.45, 7) is 4.71. The molecule has 1 N–H and O–H groups in total. The van der Waals surface area contributed by atoms with Crippen molar-refractivity contribution in [3.8, 4) is 33.4 Å². The van der Waals surface area contributed by atoms with Gasteiger partial charge in [-0.15, -0.1) is 0 Å². The summed E-state index contributed by atoms with van der Waals surface area (Å²) in [5.74, 6) is 0.433. The molecule has 0 saturated carbocycles. The molecule has 0 aliphatic heterocycles. The monoisotopic (exact) mass is 927 g/mol. The molecule has 0 amide bonds. The lowest BCUT2D eigenvalue weighted by Crippen LogP contribution is -2.31. The molecule has 1 heteroatoms. The van der Waals surface area contributed by atoms with E-state index in [2.05, 4.69) is 286 Å². The van der Waals surface area contributed by atoms with Gasteiger partial charge in [-0.05, 0) is 126 Å². The van der Waals surface area contributed by atoms with Crippen LogP contribution >= 0.6 is 0 Å². The van der Waals surface area contributed by atoms with Crippen LogP contribution in [0.2, 0.25) is 0 Å². The molecule has 2 unspecified atom stereocenters. The molecule has 72 heavy (non-hydrogen) atoms. The number of benzene rings is 9. The molecule has 350 valence electrons. The van der Waals surface area contributed by atoms with Gasteiger partial charge in [-0.3, -0.25) is 0 Å². The summed E-state index contributed by atoms with van der Waals surface area (Å²) in [7, 11) is 2.01. The van der Waals surface area contributed by atoms with Gasteiger partial charge in [0.2, 0.25) is 0 Å². The van der Waals surface area contributed by atoms with Gasteiger partial charge in [0.1, 0.15) is 0 Å². The van der Waals surface area contributed by atoms with Crippen molar-refractivity contribution in [1.29, 1.82) is 0 Å². The van der Waals surface area contributed by atoms with Crippen LogP contribution in [0.25, 0.3) is 44.5 Å². The van der Waals surface area contributed by atoms with E-state index in [1.54, 1.807) is 0 Å². The molecule has 2 atom stereocenters. The van der Waals surface area contributed by atoms with E-state index in [1.807, 2.05) is 7.05 Å². The third-order valence-electron chi connectivity index (χ3n) is 15.4. The van der Waals surface area contributed by atoms with Gasteiger partial charge in [0.25, 0.3) is 0 Å². The van der Waals surface area contributed by atoms with Gasteiger partial charge in [-0.2, -0.15) is 0 Å². The van der Waals surface area contributed by atoms with Gasteiger partial charge in [0.15, 0.2) is 0 Å². The van der Waals surface area contributed by atoms with Crippen molar-refractivity contribution in [1.82, 2.24) is 0 Å². The standard InChI is InChI=1S/C38H33N.C33H28/c1-39-34-25-24-32-27-31(29-15-5-2-6-16-29)19-13-14-26-38(37(32)28-34,33-20-9-4-10-21-33)36-23-12-11-22-35(36)30-17-7-3-8-18-30;1-33(2)31-11-7-6-10-29(31)30-21-20-28(22-32(30)33)27-18-16-26(17-19-27)25-14-12-24(13-15-25)23-8-4-3-5-9-23/h2-25,28,39H,26-27H2,1H3;3-18,20-22,27H,19H2,1-2H3/b14-13-,31-19+;. The first-order valence-electron chi connectivity index (χ1n) is 25.6. The van der Waals surface area contributed by atoms with E-state index in [4.69, 9.17) is 0 Å². The zero-order valence-electron chi connectivity index (χ0n) is 41.6. The predicted octanol–water partition coefficient (Wildman–Crippen LogP) is 18.1. The van der Waals surface area contributed by atoms with Crippen LogP contribution in [-0.4, -0.2) is 7.05 Å². The van der Waals surface area contributed by atoms with Crippen molar-refractivity contribution in [2.75, 3.05) is 12.4 Å². The highest BCUT2D eigenvalue weighted by molar-refractivity contribution is 5.82. The lowest BCUT2D eigenvalue weighted by molar-refractivity contribution is 0.624. The average molecular weight is 928 g/mol. The topological polar surface area (TPSA) is 12.0 Å². The first-order valence-corrected chi connectivity index (χ1v) is 25.6. The highest BCUT2D eigenvalue weighted by atomic mass is 14.8. The summed E-state index contributed by atoms with van der Waals surface area (Å²) < 4.78 is 0. The summed E-state index contributed by atoms with van der Waals surface area (Å²) in [5, 5.41) is 3.43. The van der Waals surface area contributed by atoms with Crippen LogP contribution < -0.4 is 5.32 Å². The van der Waals surface area contributed by atoms with Crippen molar-refractivity contribution in [2.24, 2.45) is 0 Å². The Morgan fingerprint density at radius 1 is 0.472 bits per heavy atom. The molecule has 1 nitrogen and oxygen atoms in total. The summed E-state index contributed by atoms with van der Waals surface area (Å²) >= 11 is 0. The van der Waals surface area contributed by atoms with Crippen molar-refractivity contribution in [3.63, 3.8) is 0 Å². The van der Waals surface area contributed by atoms with Crippen molar-refractivity contribution in [2.45, 2.75) is 49.9 Å². The van der Waals surface area contributed by atoms with Crippen LogP contribution in [0, 0.1) is 0 Å². The predicted molar refractivity (Wildman–Crippen MR) is 306 cm³/mol. The van der Waals surface area contributed by atoms with E-state index < -0.39 is 0 Å². The molecule has 0 fully saturated rings. The highest BCUT2D eigenvalue weighted by Crippen LogP contribution is 2.51. The molecular weight excluding hydrogens is 867 g/mol. The number of hydrogen-bond donors (Lipinski definition) is 1. The lowest BCUT2D eigenvalue weighted by atomic mass is 9.64. The highest BCUT2D eigenvalue weighted by Gasteiger charge is 2.40. The first kappa shape index (κ1) is 46.1. The number of anilines is 1. The third kappa shape index (κ3) is 8.93.